The van der Waals surface area contributed by atoms with Crippen LogP contribution in [0, 0.1) is 6.92 Å². The van der Waals surface area contributed by atoms with Crippen LogP contribution >= 0.6 is 24.0 Å². The molecule has 0 saturated heterocycles. The van der Waals surface area contributed by atoms with Crippen LogP contribution in [0.1, 0.15) is 24.0 Å². The van der Waals surface area contributed by atoms with E-state index >= 15 is 0 Å². The minimum atomic E-state index is 0. The first-order chi connectivity index (χ1) is 14.3. The van der Waals surface area contributed by atoms with E-state index in [4.69, 9.17) is 4.99 Å². The van der Waals surface area contributed by atoms with Crippen molar-refractivity contribution in [2.75, 3.05) is 19.6 Å². The van der Waals surface area contributed by atoms with Crippen molar-refractivity contribution in [1.82, 2.24) is 30.2 Å². The standard InChI is InChI=1S/C22H27N7.HI/c1-3-23-22(25-14-12-21-28-27-20-10-6-7-15-29(20)21)24-13-11-17-16(2)26-19-9-5-4-8-18(17)19;/h4-10,15,26H,3,11-14H2,1-2H3,(H2,23,24,25);1H. The summed E-state index contributed by atoms with van der Waals surface area (Å²) in [7, 11) is 0. The zero-order valence-corrected chi connectivity index (χ0v) is 19.7. The van der Waals surface area contributed by atoms with Crippen molar-refractivity contribution < 1.29 is 0 Å². The van der Waals surface area contributed by atoms with Crippen LogP contribution in [-0.4, -0.2) is 45.2 Å². The summed E-state index contributed by atoms with van der Waals surface area (Å²) in [6.07, 6.45) is 3.67. The van der Waals surface area contributed by atoms with Gasteiger partial charge in [-0.2, -0.15) is 0 Å². The molecule has 0 atom stereocenters. The zero-order valence-electron chi connectivity index (χ0n) is 17.4. The van der Waals surface area contributed by atoms with E-state index in [9.17, 15) is 0 Å². The van der Waals surface area contributed by atoms with Crippen LogP contribution in [0.4, 0.5) is 0 Å². The molecule has 0 aliphatic heterocycles. The van der Waals surface area contributed by atoms with Crippen molar-refractivity contribution in [1.29, 1.82) is 0 Å². The predicted molar refractivity (Wildman–Crippen MR) is 133 cm³/mol. The molecule has 0 aliphatic carbocycles. The van der Waals surface area contributed by atoms with E-state index in [1.807, 2.05) is 28.8 Å². The van der Waals surface area contributed by atoms with Gasteiger partial charge in [0.15, 0.2) is 11.6 Å². The first-order valence-corrected chi connectivity index (χ1v) is 10.1. The molecule has 0 bridgehead atoms. The smallest absolute Gasteiger partial charge is 0.191 e. The molecule has 0 radical (unpaired) electrons. The van der Waals surface area contributed by atoms with Crippen molar-refractivity contribution in [2.45, 2.75) is 26.7 Å². The molecule has 0 aliphatic rings. The number of guanidine groups is 1. The van der Waals surface area contributed by atoms with Gasteiger partial charge in [-0.05, 0) is 44.0 Å². The predicted octanol–water partition coefficient (Wildman–Crippen LogP) is 3.48. The van der Waals surface area contributed by atoms with Crippen LogP contribution in [0.25, 0.3) is 16.6 Å². The molecular formula is C22H28IN7. The lowest BCUT2D eigenvalue weighted by atomic mass is 10.1. The van der Waals surface area contributed by atoms with E-state index in [2.05, 4.69) is 63.9 Å². The minimum Gasteiger partial charge on any atom is -0.358 e. The number of nitrogens with one attached hydrogen (secondary N) is 3. The van der Waals surface area contributed by atoms with Gasteiger partial charge < -0.3 is 15.6 Å². The van der Waals surface area contributed by atoms with E-state index in [-0.39, 0.29) is 24.0 Å². The fourth-order valence-corrected chi connectivity index (χ4v) is 3.63. The molecule has 3 aromatic heterocycles. The lowest BCUT2D eigenvalue weighted by Crippen LogP contribution is -2.38. The Morgan fingerprint density at radius 2 is 1.90 bits per heavy atom. The van der Waals surface area contributed by atoms with Crippen LogP contribution in [-0.2, 0) is 12.8 Å². The molecule has 4 aromatic rings. The Morgan fingerprint density at radius 3 is 2.77 bits per heavy atom. The van der Waals surface area contributed by atoms with Gasteiger partial charge in [0.05, 0.1) is 0 Å². The number of benzene rings is 1. The quantitative estimate of drug-likeness (QED) is 0.199. The number of aliphatic imine (C=N–C) groups is 1. The largest absolute Gasteiger partial charge is 0.358 e. The minimum absolute atomic E-state index is 0. The normalized spacial score (nSPS) is 11.6. The van der Waals surface area contributed by atoms with E-state index in [1.54, 1.807) is 0 Å². The molecule has 0 fully saturated rings. The zero-order chi connectivity index (χ0) is 20.1. The highest BCUT2D eigenvalue weighted by atomic mass is 127. The van der Waals surface area contributed by atoms with Crippen LogP contribution < -0.4 is 10.6 Å². The number of aromatic nitrogens is 4. The highest BCUT2D eigenvalue weighted by Crippen LogP contribution is 2.21. The van der Waals surface area contributed by atoms with Crippen LogP contribution in [0.3, 0.4) is 0 Å². The number of fused-ring (bicyclic) bond motifs is 2. The van der Waals surface area contributed by atoms with Crippen LogP contribution in [0.2, 0.25) is 0 Å². The van der Waals surface area contributed by atoms with Gasteiger partial charge in [0, 0.05) is 48.8 Å². The second kappa shape index (κ2) is 10.4. The molecular weight excluding hydrogens is 489 g/mol. The number of aromatic amines is 1. The number of H-pyrrole nitrogens is 1. The fraction of sp³-hybridized carbons (Fsp3) is 0.318. The molecule has 3 heterocycles. The second-order valence-corrected chi connectivity index (χ2v) is 7.01. The van der Waals surface area contributed by atoms with Gasteiger partial charge in [-0.3, -0.25) is 9.39 Å². The molecule has 4 rings (SSSR count). The third-order valence-electron chi connectivity index (χ3n) is 5.03. The Labute approximate surface area is 193 Å². The number of rotatable bonds is 7. The van der Waals surface area contributed by atoms with E-state index in [1.165, 1.54) is 22.2 Å². The molecule has 30 heavy (non-hydrogen) atoms. The van der Waals surface area contributed by atoms with Crippen LogP contribution in [0.15, 0.2) is 53.7 Å². The topological polar surface area (TPSA) is 82.4 Å². The average Bonchev–Trinajstić information content (AvgIpc) is 3.29. The Balaban J connectivity index is 0.00000256. The number of pyridine rings is 1. The van der Waals surface area contributed by atoms with Gasteiger partial charge in [-0.15, -0.1) is 34.2 Å². The summed E-state index contributed by atoms with van der Waals surface area (Å²) in [5.41, 5.74) is 4.65. The lowest BCUT2D eigenvalue weighted by Gasteiger charge is -2.11. The van der Waals surface area contributed by atoms with Crippen molar-refractivity contribution in [2.24, 2.45) is 4.99 Å². The Morgan fingerprint density at radius 1 is 1.07 bits per heavy atom. The maximum absolute atomic E-state index is 4.70. The molecule has 0 amide bonds. The number of para-hydroxylation sites is 1. The summed E-state index contributed by atoms with van der Waals surface area (Å²) in [5.74, 6) is 1.76. The molecule has 3 N–H and O–H groups in total. The first kappa shape index (κ1) is 22.1. The molecule has 0 spiro atoms. The third-order valence-corrected chi connectivity index (χ3v) is 5.03. The number of aryl methyl sites for hydroxylation is 1. The maximum atomic E-state index is 4.70. The average molecular weight is 517 g/mol. The number of hydrogen-bond acceptors (Lipinski definition) is 3. The third kappa shape index (κ3) is 4.92. The highest BCUT2D eigenvalue weighted by Gasteiger charge is 2.08. The van der Waals surface area contributed by atoms with E-state index < -0.39 is 0 Å². The van der Waals surface area contributed by atoms with Gasteiger partial charge in [-0.25, -0.2) is 0 Å². The van der Waals surface area contributed by atoms with Crippen molar-refractivity contribution in [3.8, 4) is 0 Å². The van der Waals surface area contributed by atoms with Gasteiger partial charge in [0.2, 0.25) is 0 Å². The fourth-order valence-electron chi connectivity index (χ4n) is 3.63. The summed E-state index contributed by atoms with van der Waals surface area (Å²) in [6, 6.07) is 14.4. The Kier molecular flexibility index (Phi) is 7.67. The number of hydrogen-bond donors (Lipinski definition) is 3. The van der Waals surface area contributed by atoms with Crippen molar-refractivity contribution in [3.63, 3.8) is 0 Å². The Bertz CT molecular complexity index is 1130. The number of nitrogens with zero attached hydrogens (tertiary/aromatic N) is 4. The van der Waals surface area contributed by atoms with E-state index in [0.717, 1.165) is 43.4 Å². The summed E-state index contributed by atoms with van der Waals surface area (Å²) in [4.78, 5) is 8.17. The number of halogens is 1. The molecule has 0 unspecified atom stereocenters. The summed E-state index contributed by atoms with van der Waals surface area (Å²) >= 11 is 0. The maximum Gasteiger partial charge on any atom is 0.191 e. The van der Waals surface area contributed by atoms with E-state index in [0.29, 0.717) is 6.54 Å². The first-order valence-electron chi connectivity index (χ1n) is 10.1. The molecule has 8 heteroatoms. The molecule has 158 valence electrons. The monoisotopic (exact) mass is 517 g/mol. The van der Waals surface area contributed by atoms with Gasteiger partial charge in [-0.1, -0.05) is 24.3 Å². The molecule has 7 nitrogen and oxygen atoms in total. The van der Waals surface area contributed by atoms with Gasteiger partial charge >= 0.3 is 0 Å². The summed E-state index contributed by atoms with van der Waals surface area (Å²) in [5, 5.41) is 16.5. The molecule has 0 saturated carbocycles. The Hall–Kier alpha value is -2.62. The highest BCUT2D eigenvalue weighted by molar-refractivity contribution is 14.0. The van der Waals surface area contributed by atoms with Gasteiger partial charge in [0.1, 0.15) is 5.82 Å². The second-order valence-electron chi connectivity index (χ2n) is 7.01. The van der Waals surface area contributed by atoms with Gasteiger partial charge in [0.25, 0.3) is 0 Å². The van der Waals surface area contributed by atoms with Crippen molar-refractivity contribution in [3.05, 3.63) is 65.7 Å². The SMILES string of the molecule is CCNC(=NCCc1nnc2ccccn12)NCCc1c(C)[nH]c2ccccc12.I. The summed E-state index contributed by atoms with van der Waals surface area (Å²) < 4.78 is 2.01. The summed E-state index contributed by atoms with van der Waals surface area (Å²) in [6.45, 7) is 6.51. The van der Waals surface area contributed by atoms with Crippen LogP contribution in [0.5, 0.6) is 0 Å². The van der Waals surface area contributed by atoms with Crippen molar-refractivity contribution >= 4 is 46.5 Å². The lowest BCUT2D eigenvalue weighted by molar-refractivity contribution is 0.785. The molecule has 1 aromatic carbocycles.